The number of hydrogen-bond donors (Lipinski definition) is 1. The zero-order valence-electron chi connectivity index (χ0n) is 13.3. The number of benzene rings is 2. The van der Waals surface area contributed by atoms with Gasteiger partial charge < -0.3 is 9.84 Å². The molecule has 22 heavy (non-hydrogen) atoms. The predicted molar refractivity (Wildman–Crippen MR) is 91.2 cm³/mol. The van der Waals surface area contributed by atoms with Crippen LogP contribution in [0.3, 0.4) is 0 Å². The van der Waals surface area contributed by atoms with Gasteiger partial charge in [-0.05, 0) is 30.2 Å². The van der Waals surface area contributed by atoms with Gasteiger partial charge in [0.25, 0.3) is 0 Å². The lowest BCUT2D eigenvalue weighted by Gasteiger charge is -2.09. The van der Waals surface area contributed by atoms with E-state index in [2.05, 4.69) is 13.0 Å². The standard InChI is InChI=1S/C20H25O2/c1-2-3-4-5-6-10-15-22-18-13-14-19(20(21)16-18)17-11-8-7-9-12-17/h7-9,11,13-14,16,21H,2-6,10,15H2,1H3. The van der Waals surface area contributed by atoms with E-state index in [9.17, 15) is 5.11 Å². The average Bonchev–Trinajstić information content (AvgIpc) is 2.55. The van der Waals surface area contributed by atoms with Gasteiger partial charge in [0, 0.05) is 11.6 Å². The molecule has 0 aliphatic rings. The summed E-state index contributed by atoms with van der Waals surface area (Å²) in [6, 6.07) is 16.2. The van der Waals surface area contributed by atoms with E-state index < -0.39 is 0 Å². The Morgan fingerprint density at radius 2 is 1.82 bits per heavy atom. The summed E-state index contributed by atoms with van der Waals surface area (Å²) in [5.41, 5.74) is 1.68. The molecule has 2 aromatic rings. The van der Waals surface area contributed by atoms with Gasteiger partial charge in [0.05, 0.1) is 6.61 Å². The summed E-state index contributed by atoms with van der Waals surface area (Å²) in [4.78, 5) is 0. The molecular formula is C20H25O2. The lowest BCUT2D eigenvalue weighted by atomic mass is 10.0. The number of phenolic OH excluding ortho intramolecular Hbond substituents is 1. The summed E-state index contributed by atoms with van der Waals surface area (Å²) < 4.78 is 5.71. The molecule has 0 fully saturated rings. The molecule has 1 N–H and O–H groups in total. The Bertz CT molecular complexity index is 549. The fourth-order valence-electron chi connectivity index (χ4n) is 2.46. The number of ether oxygens (including phenoxy) is 1. The Hall–Kier alpha value is -1.96. The van der Waals surface area contributed by atoms with Crippen molar-refractivity contribution < 1.29 is 9.84 Å². The largest absolute Gasteiger partial charge is 0.507 e. The Balaban J connectivity index is 1.80. The molecule has 0 aliphatic carbocycles. The highest BCUT2D eigenvalue weighted by Crippen LogP contribution is 2.32. The van der Waals surface area contributed by atoms with E-state index in [-0.39, 0.29) is 5.75 Å². The van der Waals surface area contributed by atoms with Crippen LogP contribution in [-0.2, 0) is 0 Å². The zero-order valence-corrected chi connectivity index (χ0v) is 13.3. The quantitative estimate of drug-likeness (QED) is 0.610. The van der Waals surface area contributed by atoms with E-state index in [4.69, 9.17) is 4.74 Å². The minimum atomic E-state index is 0.239. The van der Waals surface area contributed by atoms with E-state index in [1.54, 1.807) is 6.07 Å². The first-order valence-electron chi connectivity index (χ1n) is 8.24. The molecule has 0 aliphatic heterocycles. The summed E-state index contributed by atoms with van der Waals surface area (Å²) >= 11 is 0. The first kappa shape index (κ1) is 16.4. The highest BCUT2D eigenvalue weighted by molar-refractivity contribution is 5.70. The molecular weight excluding hydrogens is 272 g/mol. The maximum absolute atomic E-state index is 10.1. The summed E-state index contributed by atoms with van der Waals surface area (Å²) in [5.74, 6) is 0.966. The molecule has 0 bridgehead atoms. The molecule has 0 atom stereocenters. The first-order valence-corrected chi connectivity index (χ1v) is 8.24. The summed E-state index contributed by atoms with van der Waals surface area (Å²) in [7, 11) is 0. The molecule has 0 unspecified atom stereocenters. The molecule has 1 radical (unpaired) electrons. The molecule has 0 saturated heterocycles. The number of aromatic hydroxyl groups is 1. The van der Waals surface area contributed by atoms with Crippen molar-refractivity contribution in [1.29, 1.82) is 0 Å². The van der Waals surface area contributed by atoms with E-state index in [0.717, 1.165) is 23.3 Å². The molecule has 2 rings (SSSR count). The van der Waals surface area contributed by atoms with Crippen LogP contribution in [0.2, 0.25) is 0 Å². The summed E-state index contributed by atoms with van der Waals surface area (Å²) in [6.45, 7) is 2.94. The molecule has 0 saturated carbocycles. The van der Waals surface area contributed by atoms with Crippen LogP contribution in [0.15, 0.2) is 42.5 Å². The molecule has 2 heteroatoms. The third kappa shape index (κ3) is 5.10. The van der Waals surface area contributed by atoms with Crippen LogP contribution in [-0.4, -0.2) is 11.7 Å². The molecule has 2 aromatic carbocycles. The SMILES string of the molecule is CCCCCCCCOc1ccc(-c2[c]cccc2)c(O)c1. The van der Waals surface area contributed by atoms with Crippen LogP contribution in [0, 0.1) is 6.07 Å². The van der Waals surface area contributed by atoms with Gasteiger partial charge in [-0.3, -0.25) is 0 Å². The van der Waals surface area contributed by atoms with Crippen molar-refractivity contribution in [1.82, 2.24) is 0 Å². The minimum absolute atomic E-state index is 0.239. The molecule has 0 amide bonds. The van der Waals surface area contributed by atoms with Gasteiger partial charge in [0.2, 0.25) is 0 Å². The number of phenols is 1. The highest BCUT2D eigenvalue weighted by Gasteiger charge is 2.05. The number of rotatable bonds is 9. The Kier molecular flexibility index (Phi) is 6.82. The van der Waals surface area contributed by atoms with Crippen molar-refractivity contribution in [2.24, 2.45) is 0 Å². The maximum Gasteiger partial charge on any atom is 0.127 e. The number of hydrogen-bond acceptors (Lipinski definition) is 2. The maximum atomic E-state index is 10.1. The van der Waals surface area contributed by atoms with Crippen LogP contribution >= 0.6 is 0 Å². The molecule has 0 aromatic heterocycles. The minimum Gasteiger partial charge on any atom is -0.507 e. The number of unbranched alkanes of at least 4 members (excludes halogenated alkanes) is 5. The van der Waals surface area contributed by atoms with Crippen LogP contribution < -0.4 is 4.74 Å². The monoisotopic (exact) mass is 297 g/mol. The van der Waals surface area contributed by atoms with E-state index in [1.165, 1.54) is 32.1 Å². The third-order valence-electron chi connectivity index (χ3n) is 3.74. The van der Waals surface area contributed by atoms with Gasteiger partial charge in [-0.15, -0.1) is 0 Å². The fraction of sp³-hybridized carbons (Fsp3) is 0.400. The summed E-state index contributed by atoms with van der Waals surface area (Å²) in [6.07, 6.45) is 7.49. The second kappa shape index (κ2) is 9.14. The van der Waals surface area contributed by atoms with E-state index >= 15 is 0 Å². The average molecular weight is 297 g/mol. The molecule has 0 spiro atoms. The van der Waals surface area contributed by atoms with Gasteiger partial charge in [-0.25, -0.2) is 0 Å². The van der Waals surface area contributed by atoms with Gasteiger partial charge in [-0.1, -0.05) is 63.3 Å². The van der Waals surface area contributed by atoms with Crippen molar-refractivity contribution in [3.8, 4) is 22.6 Å². The van der Waals surface area contributed by atoms with Gasteiger partial charge in [0.15, 0.2) is 0 Å². The second-order valence-electron chi connectivity index (χ2n) is 5.57. The van der Waals surface area contributed by atoms with Crippen molar-refractivity contribution in [2.45, 2.75) is 45.4 Å². The Labute approximate surface area is 133 Å². The topological polar surface area (TPSA) is 29.5 Å². The van der Waals surface area contributed by atoms with E-state index in [0.29, 0.717) is 6.61 Å². The third-order valence-corrected chi connectivity index (χ3v) is 3.74. The van der Waals surface area contributed by atoms with Crippen molar-refractivity contribution >= 4 is 0 Å². The van der Waals surface area contributed by atoms with Gasteiger partial charge >= 0.3 is 0 Å². The van der Waals surface area contributed by atoms with Crippen LogP contribution in [0.4, 0.5) is 0 Å². The fourth-order valence-corrected chi connectivity index (χ4v) is 2.46. The zero-order chi connectivity index (χ0) is 15.6. The van der Waals surface area contributed by atoms with Crippen molar-refractivity contribution in [3.63, 3.8) is 0 Å². The van der Waals surface area contributed by atoms with Crippen molar-refractivity contribution in [2.75, 3.05) is 6.61 Å². The van der Waals surface area contributed by atoms with Crippen LogP contribution in [0.5, 0.6) is 11.5 Å². The lowest BCUT2D eigenvalue weighted by Crippen LogP contribution is -1.97. The lowest BCUT2D eigenvalue weighted by molar-refractivity contribution is 0.303. The summed E-state index contributed by atoms with van der Waals surface area (Å²) in [5, 5.41) is 10.1. The molecule has 2 nitrogen and oxygen atoms in total. The van der Waals surface area contributed by atoms with Crippen LogP contribution in [0.1, 0.15) is 45.4 Å². The second-order valence-corrected chi connectivity index (χ2v) is 5.57. The first-order chi connectivity index (χ1) is 10.8. The molecule has 0 heterocycles. The van der Waals surface area contributed by atoms with Gasteiger partial charge in [-0.2, -0.15) is 0 Å². The Morgan fingerprint density at radius 1 is 1.00 bits per heavy atom. The smallest absolute Gasteiger partial charge is 0.127 e. The Morgan fingerprint density at radius 3 is 2.55 bits per heavy atom. The van der Waals surface area contributed by atoms with E-state index in [1.807, 2.05) is 36.4 Å². The predicted octanol–water partition coefficient (Wildman–Crippen LogP) is 5.60. The van der Waals surface area contributed by atoms with Crippen molar-refractivity contribution in [3.05, 3.63) is 48.5 Å². The van der Waals surface area contributed by atoms with Crippen LogP contribution in [0.25, 0.3) is 11.1 Å². The van der Waals surface area contributed by atoms with Gasteiger partial charge in [0.1, 0.15) is 11.5 Å². The molecule has 117 valence electrons. The highest BCUT2D eigenvalue weighted by atomic mass is 16.5. The normalized spacial score (nSPS) is 10.6.